The zero-order chi connectivity index (χ0) is 24.7. The van der Waals surface area contributed by atoms with E-state index in [-0.39, 0.29) is 36.4 Å². The molecule has 2 heterocycles. The maximum Gasteiger partial charge on any atom is 0.410 e. The molecule has 8 nitrogen and oxygen atoms in total. The molecule has 0 radical (unpaired) electrons. The average molecular weight is 479 g/mol. The summed E-state index contributed by atoms with van der Waals surface area (Å²) in [5.41, 5.74) is 1.06. The van der Waals surface area contributed by atoms with Crippen molar-refractivity contribution >= 4 is 35.2 Å². The summed E-state index contributed by atoms with van der Waals surface area (Å²) >= 11 is 6.22. The van der Waals surface area contributed by atoms with E-state index < -0.39 is 17.7 Å². The minimum absolute atomic E-state index is 0.0621. The lowest BCUT2D eigenvalue weighted by Gasteiger charge is -2.44. The molecule has 0 aromatic heterocycles. The molecule has 0 spiro atoms. The molecule has 1 N–H and O–H groups in total. The van der Waals surface area contributed by atoms with Crippen molar-refractivity contribution in [3.05, 3.63) is 28.8 Å². The Balaban J connectivity index is 1.80. The van der Waals surface area contributed by atoms with Crippen LogP contribution in [0.3, 0.4) is 0 Å². The SMILES string of the molecule is CNC(=O)[C@H]1CN(C(=O)OC(C)(C)C)[C@H](C)CN1CC(=O)N1CC(C)(C)c2ccc(Cl)cc21. The Morgan fingerprint density at radius 2 is 1.88 bits per heavy atom. The van der Waals surface area contributed by atoms with Crippen LogP contribution in [0.5, 0.6) is 0 Å². The van der Waals surface area contributed by atoms with Gasteiger partial charge < -0.3 is 19.9 Å². The summed E-state index contributed by atoms with van der Waals surface area (Å²) in [6.07, 6.45) is -0.459. The number of nitrogens with one attached hydrogen (secondary N) is 1. The Hall–Kier alpha value is -2.32. The fourth-order valence-electron chi connectivity index (χ4n) is 4.56. The largest absolute Gasteiger partial charge is 0.444 e. The number of likely N-dealkylation sites (N-methyl/N-ethyl adjacent to an activating group) is 1. The van der Waals surface area contributed by atoms with Crippen molar-refractivity contribution in [1.82, 2.24) is 15.1 Å². The molecular weight excluding hydrogens is 444 g/mol. The molecule has 0 saturated carbocycles. The number of halogens is 1. The zero-order valence-corrected chi connectivity index (χ0v) is 21.3. The van der Waals surface area contributed by atoms with Gasteiger partial charge in [-0.1, -0.05) is 31.5 Å². The van der Waals surface area contributed by atoms with E-state index in [1.165, 1.54) is 0 Å². The van der Waals surface area contributed by atoms with Crippen LogP contribution in [-0.2, 0) is 19.7 Å². The number of hydrogen-bond acceptors (Lipinski definition) is 5. The van der Waals surface area contributed by atoms with E-state index in [2.05, 4.69) is 19.2 Å². The van der Waals surface area contributed by atoms with Gasteiger partial charge in [0.2, 0.25) is 11.8 Å². The van der Waals surface area contributed by atoms with E-state index in [1.807, 2.05) is 50.8 Å². The predicted octanol–water partition coefficient (Wildman–Crippen LogP) is 3.02. The van der Waals surface area contributed by atoms with Crippen molar-refractivity contribution in [2.45, 2.75) is 64.6 Å². The van der Waals surface area contributed by atoms with E-state index in [0.717, 1.165) is 11.3 Å². The highest BCUT2D eigenvalue weighted by Crippen LogP contribution is 2.41. The summed E-state index contributed by atoms with van der Waals surface area (Å²) < 4.78 is 5.53. The molecule has 0 unspecified atom stereocenters. The van der Waals surface area contributed by atoms with Gasteiger partial charge in [0.1, 0.15) is 11.6 Å². The molecule has 182 valence electrons. The maximum atomic E-state index is 13.4. The van der Waals surface area contributed by atoms with E-state index in [9.17, 15) is 14.4 Å². The number of piperazine rings is 1. The number of ether oxygens (including phenoxy) is 1. The number of amides is 3. The van der Waals surface area contributed by atoms with Crippen LogP contribution < -0.4 is 10.2 Å². The molecular formula is C24H35ClN4O4. The van der Waals surface area contributed by atoms with Crippen LogP contribution in [0.25, 0.3) is 0 Å². The zero-order valence-electron chi connectivity index (χ0n) is 20.6. The number of nitrogens with zero attached hydrogens (tertiary/aromatic N) is 3. The van der Waals surface area contributed by atoms with Crippen LogP contribution in [0, 0.1) is 0 Å². The normalized spacial score (nSPS) is 22.7. The summed E-state index contributed by atoms with van der Waals surface area (Å²) in [5.74, 6) is -0.343. The van der Waals surface area contributed by atoms with Gasteiger partial charge in [-0.25, -0.2) is 4.79 Å². The third kappa shape index (κ3) is 5.44. The number of anilines is 1. The summed E-state index contributed by atoms with van der Waals surface area (Å²) in [4.78, 5) is 44.1. The van der Waals surface area contributed by atoms with Crippen molar-refractivity contribution in [2.75, 3.05) is 38.1 Å². The lowest BCUT2D eigenvalue weighted by Crippen LogP contribution is -2.64. The highest BCUT2D eigenvalue weighted by Gasteiger charge is 2.42. The van der Waals surface area contributed by atoms with Crippen LogP contribution in [0.4, 0.5) is 10.5 Å². The topological polar surface area (TPSA) is 82.2 Å². The minimum Gasteiger partial charge on any atom is -0.444 e. The van der Waals surface area contributed by atoms with Crippen molar-refractivity contribution in [3.8, 4) is 0 Å². The van der Waals surface area contributed by atoms with Gasteiger partial charge >= 0.3 is 6.09 Å². The first-order chi connectivity index (χ1) is 15.2. The van der Waals surface area contributed by atoms with Gasteiger partial charge in [-0.05, 0) is 45.4 Å². The molecule has 1 fully saturated rings. The third-order valence-corrected chi connectivity index (χ3v) is 6.43. The van der Waals surface area contributed by atoms with Gasteiger partial charge in [-0.15, -0.1) is 0 Å². The maximum absolute atomic E-state index is 13.4. The van der Waals surface area contributed by atoms with E-state index >= 15 is 0 Å². The molecule has 3 rings (SSSR count). The van der Waals surface area contributed by atoms with E-state index in [1.54, 1.807) is 16.8 Å². The Labute approximate surface area is 201 Å². The van der Waals surface area contributed by atoms with Crippen molar-refractivity contribution in [3.63, 3.8) is 0 Å². The first kappa shape index (κ1) is 25.3. The van der Waals surface area contributed by atoms with Crippen LogP contribution in [-0.4, -0.2) is 78.6 Å². The fraction of sp³-hybridized carbons (Fsp3) is 0.625. The molecule has 1 aromatic rings. The standard InChI is InChI=1S/C24H35ClN4O4/c1-15-11-27(19(21(31)26-7)12-28(15)22(32)33-23(2,3)4)13-20(30)29-14-24(5,6)17-9-8-16(25)10-18(17)29/h8-10,15,19H,11-14H2,1-7H3,(H,26,31)/t15-,19-/m1/s1. The van der Waals surface area contributed by atoms with Gasteiger partial charge in [0.15, 0.2) is 0 Å². The summed E-state index contributed by atoms with van der Waals surface area (Å²) in [7, 11) is 1.55. The van der Waals surface area contributed by atoms with Crippen molar-refractivity contribution < 1.29 is 19.1 Å². The molecule has 0 aliphatic carbocycles. The molecule has 3 amide bonds. The van der Waals surface area contributed by atoms with E-state index in [4.69, 9.17) is 16.3 Å². The number of fused-ring (bicyclic) bond motifs is 1. The molecule has 1 saturated heterocycles. The van der Waals surface area contributed by atoms with Crippen LogP contribution >= 0.6 is 11.6 Å². The Morgan fingerprint density at radius 1 is 1.21 bits per heavy atom. The second kappa shape index (κ2) is 9.14. The second-order valence-electron chi connectivity index (χ2n) is 10.6. The van der Waals surface area contributed by atoms with Gasteiger partial charge in [-0.3, -0.25) is 14.5 Å². The summed E-state index contributed by atoms with van der Waals surface area (Å²) in [6, 6.07) is 4.76. The number of carbonyl (C=O) groups excluding carboxylic acids is 3. The van der Waals surface area contributed by atoms with Crippen LogP contribution in [0.1, 0.15) is 47.1 Å². The smallest absolute Gasteiger partial charge is 0.410 e. The lowest BCUT2D eigenvalue weighted by molar-refractivity contribution is -0.131. The molecule has 9 heteroatoms. The number of carbonyl (C=O) groups is 3. The average Bonchev–Trinajstić information content (AvgIpc) is 2.96. The molecule has 33 heavy (non-hydrogen) atoms. The predicted molar refractivity (Wildman–Crippen MR) is 129 cm³/mol. The second-order valence-corrected chi connectivity index (χ2v) is 11.0. The highest BCUT2D eigenvalue weighted by molar-refractivity contribution is 6.31. The summed E-state index contributed by atoms with van der Waals surface area (Å²) in [6.45, 7) is 12.7. The molecule has 2 aliphatic heterocycles. The van der Waals surface area contributed by atoms with E-state index in [0.29, 0.717) is 18.1 Å². The van der Waals surface area contributed by atoms with Gasteiger partial charge in [0.05, 0.1) is 6.54 Å². The Bertz CT molecular complexity index is 943. The Morgan fingerprint density at radius 3 is 2.48 bits per heavy atom. The third-order valence-electron chi connectivity index (χ3n) is 6.19. The monoisotopic (exact) mass is 478 g/mol. The Kier molecular flexibility index (Phi) is 7.01. The minimum atomic E-state index is -0.655. The fourth-order valence-corrected chi connectivity index (χ4v) is 4.73. The quantitative estimate of drug-likeness (QED) is 0.722. The lowest BCUT2D eigenvalue weighted by atomic mass is 9.87. The van der Waals surface area contributed by atoms with Gasteiger partial charge in [0.25, 0.3) is 0 Å². The molecule has 2 aliphatic rings. The van der Waals surface area contributed by atoms with Gasteiger partial charge in [0, 0.05) is 48.8 Å². The van der Waals surface area contributed by atoms with Crippen LogP contribution in [0.15, 0.2) is 18.2 Å². The van der Waals surface area contributed by atoms with Crippen molar-refractivity contribution in [1.29, 1.82) is 0 Å². The van der Waals surface area contributed by atoms with Gasteiger partial charge in [-0.2, -0.15) is 0 Å². The highest BCUT2D eigenvalue weighted by atomic mass is 35.5. The first-order valence-corrected chi connectivity index (χ1v) is 11.7. The number of rotatable bonds is 3. The molecule has 0 bridgehead atoms. The number of hydrogen-bond donors (Lipinski definition) is 1. The van der Waals surface area contributed by atoms with Crippen LogP contribution in [0.2, 0.25) is 5.02 Å². The summed E-state index contributed by atoms with van der Waals surface area (Å²) in [5, 5.41) is 3.24. The molecule has 2 atom stereocenters. The van der Waals surface area contributed by atoms with Crippen molar-refractivity contribution in [2.24, 2.45) is 0 Å². The first-order valence-electron chi connectivity index (χ1n) is 11.3. The number of benzene rings is 1. The molecule has 1 aromatic carbocycles.